The van der Waals surface area contributed by atoms with Gasteiger partial charge < -0.3 is 24.1 Å². The average Bonchev–Trinajstić information content (AvgIpc) is 3.23. The Labute approximate surface area is 198 Å². The van der Waals surface area contributed by atoms with Gasteiger partial charge in [-0.3, -0.25) is 4.79 Å². The minimum atomic E-state index is -0.378. The second-order valence-corrected chi connectivity index (χ2v) is 9.03. The lowest BCUT2D eigenvalue weighted by atomic mass is 10.3. The standard InChI is InChI=1S/C24H30N4O4S/c1-15(2)28-22(16(3)32-21-9-7-8-20(14-21)31-6)26-27-24(28)33-17(4)23(29)25-18-10-12-19(30-5)13-11-18/h7-17H,1-6H3,(H,25,29). The van der Waals surface area contributed by atoms with Gasteiger partial charge in [-0.15, -0.1) is 10.2 Å². The fraction of sp³-hybridized carbons (Fsp3) is 0.375. The van der Waals surface area contributed by atoms with Gasteiger partial charge in [0.25, 0.3) is 0 Å². The summed E-state index contributed by atoms with van der Waals surface area (Å²) in [6.07, 6.45) is -0.343. The van der Waals surface area contributed by atoms with Gasteiger partial charge in [-0.25, -0.2) is 0 Å². The van der Waals surface area contributed by atoms with Gasteiger partial charge in [0, 0.05) is 17.8 Å². The van der Waals surface area contributed by atoms with E-state index in [0.29, 0.717) is 22.4 Å². The maximum Gasteiger partial charge on any atom is 0.237 e. The highest BCUT2D eigenvalue weighted by Crippen LogP contribution is 2.31. The molecule has 0 aliphatic carbocycles. The summed E-state index contributed by atoms with van der Waals surface area (Å²) in [5, 5.41) is 12.0. The van der Waals surface area contributed by atoms with Gasteiger partial charge in [0.15, 0.2) is 17.1 Å². The largest absolute Gasteiger partial charge is 0.497 e. The molecule has 9 heteroatoms. The number of ether oxygens (including phenoxy) is 3. The molecule has 2 unspecified atom stereocenters. The Balaban J connectivity index is 1.71. The van der Waals surface area contributed by atoms with Crippen LogP contribution in [0.25, 0.3) is 0 Å². The second-order valence-electron chi connectivity index (χ2n) is 7.72. The fourth-order valence-corrected chi connectivity index (χ4v) is 4.18. The van der Waals surface area contributed by atoms with Crippen molar-refractivity contribution in [3.05, 3.63) is 54.4 Å². The Bertz CT molecular complexity index is 1070. The molecule has 0 bridgehead atoms. The number of benzene rings is 2. The number of hydrogen-bond acceptors (Lipinski definition) is 7. The minimum Gasteiger partial charge on any atom is -0.497 e. The monoisotopic (exact) mass is 470 g/mol. The highest BCUT2D eigenvalue weighted by Gasteiger charge is 2.25. The van der Waals surface area contributed by atoms with Crippen LogP contribution in [0, 0.1) is 0 Å². The van der Waals surface area contributed by atoms with Crippen molar-refractivity contribution < 1.29 is 19.0 Å². The number of amides is 1. The third-order valence-corrected chi connectivity index (χ3v) is 5.99. The average molecular weight is 471 g/mol. The van der Waals surface area contributed by atoms with Crippen molar-refractivity contribution in [2.75, 3.05) is 19.5 Å². The van der Waals surface area contributed by atoms with E-state index >= 15 is 0 Å². The Kier molecular flexibility index (Phi) is 8.21. The maximum absolute atomic E-state index is 12.7. The molecule has 3 aromatic rings. The van der Waals surface area contributed by atoms with E-state index < -0.39 is 0 Å². The first-order valence-corrected chi connectivity index (χ1v) is 11.6. The van der Waals surface area contributed by atoms with E-state index in [2.05, 4.69) is 29.4 Å². The zero-order valence-corrected chi connectivity index (χ0v) is 20.6. The van der Waals surface area contributed by atoms with E-state index in [9.17, 15) is 4.79 Å². The predicted octanol–water partition coefficient (Wildman–Crippen LogP) is 5.14. The molecular weight excluding hydrogens is 440 g/mol. The Morgan fingerprint density at radius 3 is 2.24 bits per heavy atom. The zero-order chi connectivity index (χ0) is 24.0. The van der Waals surface area contributed by atoms with Gasteiger partial charge in [-0.05, 0) is 64.1 Å². The van der Waals surface area contributed by atoms with Crippen molar-refractivity contribution in [3.63, 3.8) is 0 Å². The Morgan fingerprint density at radius 2 is 1.61 bits per heavy atom. The maximum atomic E-state index is 12.7. The molecule has 176 valence electrons. The van der Waals surface area contributed by atoms with E-state index in [1.165, 1.54) is 11.8 Å². The summed E-state index contributed by atoms with van der Waals surface area (Å²) in [5.41, 5.74) is 0.708. The number of nitrogens with one attached hydrogen (secondary N) is 1. The molecule has 8 nitrogen and oxygen atoms in total. The van der Waals surface area contributed by atoms with Crippen LogP contribution >= 0.6 is 11.8 Å². The molecule has 0 saturated heterocycles. The molecule has 0 fully saturated rings. The zero-order valence-electron chi connectivity index (χ0n) is 19.7. The number of methoxy groups -OCH3 is 2. The molecule has 0 aliphatic heterocycles. The molecule has 0 radical (unpaired) electrons. The molecule has 1 N–H and O–H groups in total. The smallest absolute Gasteiger partial charge is 0.237 e. The highest BCUT2D eigenvalue weighted by atomic mass is 32.2. The Morgan fingerprint density at radius 1 is 0.939 bits per heavy atom. The number of nitrogens with zero attached hydrogens (tertiary/aromatic N) is 3. The lowest BCUT2D eigenvalue weighted by Crippen LogP contribution is -2.23. The summed E-state index contributed by atoms with van der Waals surface area (Å²) in [5.74, 6) is 2.71. The van der Waals surface area contributed by atoms with E-state index in [1.807, 2.05) is 42.7 Å². The lowest BCUT2D eigenvalue weighted by Gasteiger charge is -2.20. The van der Waals surface area contributed by atoms with Gasteiger partial charge in [-0.2, -0.15) is 0 Å². The third-order valence-electron chi connectivity index (χ3n) is 4.93. The van der Waals surface area contributed by atoms with Crippen LogP contribution in [-0.2, 0) is 4.79 Å². The summed E-state index contributed by atoms with van der Waals surface area (Å²) in [4.78, 5) is 12.7. The Hall–Kier alpha value is -3.20. The summed E-state index contributed by atoms with van der Waals surface area (Å²) < 4.78 is 18.5. The van der Waals surface area contributed by atoms with E-state index in [1.54, 1.807) is 38.5 Å². The number of carbonyl (C=O) groups excluding carboxylic acids is 1. The highest BCUT2D eigenvalue weighted by molar-refractivity contribution is 8.00. The quantitative estimate of drug-likeness (QED) is 0.411. The van der Waals surface area contributed by atoms with Crippen LogP contribution in [0.1, 0.15) is 45.7 Å². The van der Waals surface area contributed by atoms with Crippen molar-refractivity contribution >= 4 is 23.4 Å². The number of rotatable bonds is 10. The summed E-state index contributed by atoms with van der Waals surface area (Å²) in [6.45, 7) is 7.88. The molecule has 0 saturated carbocycles. The van der Waals surface area contributed by atoms with Crippen molar-refractivity contribution in [1.82, 2.24) is 14.8 Å². The molecule has 1 amide bonds. The number of carbonyl (C=O) groups is 1. The van der Waals surface area contributed by atoms with Crippen molar-refractivity contribution in [2.24, 2.45) is 0 Å². The number of hydrogen-bond donors (Lipinski definition) is 1. The first-order chi connectivity index (χ1) is 15.8. The number of aromatic nitrogens is 3. The molecule has 1 aromatic heterocycles. The molecule has 0 spiro atoms. The fourth-order valence-electron chi connectivity index (χ4n) is 3.19. The van der Waals surface area contributed by atoms with Crippen molar-refractivity contribution in [3.8, 4) is 17.2 Å². The van der Waals surface area contributed by atoms with Crippen LogP contribution in [0.5, 0.6) is 17.2 Å². The van der Waals surface area contributed by atoms with Crippen molar-refractivity contribution in [1.29, 1.82) is 0 Å². The molecule has 3 rings (SSSR count). The number of anilines is 1. The van der Waals surface area contributed by atoms with Gasteiger partial charge in [0.1, 0.15) is 17.2 Å². The van der Waals surface area contributed by atoms with Crippen LogP contribution in [0.2, 0.25) is 0 Å². The van der Waals surface area contributed by atoms with Gasteiger partial charge >= 0.3 is 0 Å². The summed E-state index contributed by atoms with van der Waals surface area (Å²) in [7, 11) is 3.22. The first kappa shape index (κ1) is 24.4. The topological polar surface area (TPSA) is 87.5 Å². The van der Waals surface area contributed by atoms with Crippen LogP contribution in [0.3, 0.4) is 0 Å². The van der Waals surface area contributed by atoms with E-state index in [4.69, 9.17) is 14.2 Å². The molecular formula is C24H30N4O4S. The van der Waals surface area contributed by atoms with E-state index in [0.717, 1.165) is 11.5 Å². The van der Waals surface area contributed by atoms with Crippen molar-refractivity contribution in [2.45, 2.75) is 50.2 Å². The predicted molar refractivity (Wildman–Crippen MR) is 129 cm³/mol. The molecule has 2 atom stereocenters. The number of thioether (sulfide) groups is 1. The van der Waals surface area contributed by atoms with Crippen LogP contribution in [0.15, 0.2) is 53.7 Å². The minimum absolute atomic E-state index is 0.0886. The van der Waals surface area contributed by atoms with Gasteiger partial charge in [0.05, 0.1) is 19.5 Å². The van der Waals surface area contributed by atoms with Crippen LogP contribution in [0.4, 0.5) is 5.69 Å². The molecule has 33 heavy (non-hydrogen) atoms. The van der Waals surface area contributed by atoms with Gasteiger partial charge in [0.2, 0.25) is 5.91 Å². The SMILES string of the molecule is COc1ccc(NC(=O)C(C)Sc2nnc(C(C)Oc3cccc(OC)c3)n2C(C)C)cc1. The summed E-state index contributed by atoms with van der Waals surface area (Å²) >= 11 is 1.36. The van der Waals surface area contributed by atoms with Gasteiger partial charge in [-0.1, -0.05) is 17.8 Å². The first-order valence-electron chi connectivity index (χ1n) is 10.7. The normalized spacial score (nSPS) is 12.8. The lowest BCUT2D eigenvalue weighted by molar-refractivity contribution is -0.115. The molecule has 2 aromatic carbocycles. The van der Waals surface area contributed by atoms with E-state index in [-0.39, 0.29) is 23.3 Å². The summed E-state index contributed by atoms with van der Waals surface area (Å²) in [6, 6.07) is 14.7. The van der Waals surface area contributed by atoms with Crippen LogP contribution in [-0.4, -0.2) is 40.1 Å². The second kappa shape index (κ2) is 11.1. The molecule has 1 heterocycles. The van der Waals surface area contributed by atoms with Crippen LogP contribution < -0.4 is 19.5 Å². The molecule has 0 aliphatic rings. The third kappa shape index (κ3) is 6.19.